The van der Waals surface area contributed by atoms with Crippen molar-refractivity contribution >= 4 is 18.0 Å². The van der Waals surface area contributed by atoms with E-state index in [9.17, 15) is 14.4 Å². The number of rotatable bonds is 6. The van der Waals surface area contributed by atoms with Crippen molar-refractivity contribution in [2.45, 2.75) is 52.7 Å². The van der Waals surface area contributed by atoms with Gasteiger partial charge in [-0.3, -0.25) is 4.79 Å². The fourth-order valence-corrected chi connectivity index (χ4v) is 1.14. The summed E-state index contributed by atoms with van der Waals surface area (Å²) in [6.45, 7) is 8.23. The highest BCUT2D eigenvalue weighted by Crippen LogP contribution is 2.07. The zero-order valence-corrected chi connectivity index (χ0v) is 12.6. The van der Waals surface area contributed by atoms with E-state index in [1.54, 1.807) is 34.6 Å². The summed E-state index contributed by atoms with van der Waals surface area (Å²) in [5.74, 6) is -1.15. The van der Waals surface area contributed by atoms with Gasteiger partial charge in [0.1, 0.15) is 12.2 Å². The van der Waals surface area contributed by atoms with E-state index in [4.69, 9.17) is 14.2 Å². The molecule has 0 heterocycles. The summed E-state index contributed by atoms with van der Waals surface area (Å²) in [5, 5.41) is 2.32. The summed E-state index contributed by atoms with van der Waals surface area (Å²) in [6, 6.07) is -1.08. The van der Waals surface area contributed by atoms with Crippen molar-refractivity contribution in [1.82, 2.24) is 5.32 Å². The molecule has 0 saturated heterocycles. The molecule has 0 radical (unpaired) electrons. The maximum absolute atomic E-state index is 11.7. The number of carbonyl (C=O) groups excluding carboxylic acids is 3. The first kappa shape index (κ1) is 18.2. The van der Waals surface area contributed by atoms with Crippen LogP contribution >= 0.6 is 0 Å². The number of amides is 1. The van der Waals surface area contributed by atoms with Crippen LogP contribution in [0.1, 0.15) is 41.0 Å². The van der Waals surface area contributed by atoms with Gasteiger partial charge in [0.25, 0.3) is 0 Å². The third kappa shape index (κ3) is 8.34. The van der Waals surface area contributed by atoms with Gasteiger partial charge < -0.3 is 19.5 Å². The minimum Gasteiger partial charge on any atom is -0.464 e. The Balaban J connectivity index is 4.56. The van der Waals surface area contributed by atoms with E-state index in [1.165, 1.54) is 0 Å². The molecule has 7 nitrogen and oxygen atoms in total. The number of ether oxygens (including phenoxy) is 3. The monoisotopic (exact) mass is 289 g/mol. The summed E-state index contributed by atoms with van der Waals surface area (Å²) in [6.07, 6.45) is -0.592. The largest absolute Gasteiger partial charge is 0.464 e. The van der Waals surface area contributed by atoms with Crippen molar-refractivity contribution in [3.8, 4) is 0 Å². The zero-order valence-electron chi connectivity index (χ0n) is 12.6. The van der Waals surface area contributed by atoms with Crippen LogP contribution in [0.3, 0.4) is 0 Å². The lowest BCUT2D eigenvalue weighted by molar-refractivity contribution is -0.151. The van der Waals surface area contributed by atoms with Crippen LogP contribution in [0.15, 0.2) is 0 Å². The Bertz CT molecular complexity index is 347. The molecule has 0 aliphatic heterocycles. The number of carbonyl (C=O) groups is 3. The van der Waals surface area contributed by atoms with Gasteiger partial charge in [-0.15, -0.1) is 0 Å². The summed E-state index contributed by atoms with van der Waals surface area (Å²) in [4.78, 5) is 34.4. The van der Waals surface area contributed by atoms with Crippen LogP contribution in [0, 0.1) is 0 Å². The first-order valence-corrected chi connectivity index (χ1v) is 6.51. The standard InChI is InChI=1S/C13H23NO6/c1-6-10(15)19-8-9(11(16)18-7-2)14-12(17)20-13(3,4)5/h9H,6-8H2,1-5H3,(H,14,17)/t9-/m0/s1. The second-order valence-corrected chi connectivity index (χ2v) is 4.99. The Morgan fingerprint density at radius 3 is 2.15 bits per heavy atom. The molecule has 7 heteroatoms. The Labute approximate surface area is 118 Å². The molecule has 0 aromatic heterocycles. The van der Waals surface area contributed by atoms with Gasteiger partial charge >= 0.3 is 18.0 Å². The van der Waals surface area contributed by atoms with E-state index in [0.29, 0.717) is 0 Å². The predicted octanol–water partition coefficient (Wildman–Crippen LogP) is 1.40. The summed E-state index contributed by atoms with van der Waals surface area (Å²) >= 11 is 0. The van der Waals surface area contributed by atoms with Crippen LogP contribution in [0.25, 0.3) is 0 Å². The molecule has 1 amide bonds. The maximum atomic E-state index is 11.7. The molecule has 0 aromatic carbocycles. The third-order valence-electron chi connectivity index (χ3n) is 1.96. The highest BCUT2D eigenvalue weighted by Gasteiger charge is 2.26. The van der Waals surface area contributed by atoms with Gasteiger partial charge in [-0.1, -0.05) is 6.92 Å². The lowest BCUT2D eigenvalue weighted by Crippen LogP contribution is -2.47. The molecule has 0 bridgehead atoms. The molecule has 0 saturated carbocycles. The summed E-state index contributed by atoms with van der Waals surface area (Å²) in [7, 11) is 0. The summed E-state index contributed by atoms with van der Waals surface area (Å²) < 4.78 is 14.7. The Morgan fingerprint density at radius 2 is 1.70 bits per heavy atom. The SMILES string of the molecule is CCOC(=O)[C@H](COC(=O)CC)NC(=O)OC(C)(C)C. The Hall–Kier alpha value is -1.79. The van der Waals surface area contributed by atoms with Gasteiger partial charge in [-0.2, -0.15) is 0 Å². The molecule has 0 spiro atoms. The van der Waals surface area contributed by atoms with Gasteiger partial charge in [-0.05, 0) is 27.7 Å². The number of hydrogen-bond donors (Lipinski definition) is 1. The van der Waals surface area contributed by atoms with E-state index in [1.807, 2.05) is 0 Å². The number of esters is 2. The highest BCUT2D eigenvalue weighted by molar-refractivity contribution is 5.82. The van der Waals surface area contributed by atoms with Crippen LogP contribution in [-0.4, -0.2) is 42.9 Å². The van der Waals surface area contributed by atoms with Crippen molar-refractivity contribution < 1.29 is 28.6 Å². The van der Waals surface area contributed by atoms with Gasteiger partial charge in [-0.25, -0.2) is 9.59 Å². The molecule has 0 rings (SSSR count). The van der Waals surface area contributed by atoms with E-state index >= 15 is 0 Å². The minimum atomic E-state index is -1.08. The topological polar surface area (TPSA) is 90.9 Å². The first-order chi connectivity index (χ1) is 9.19. The molecule has 1 N–H and O–H groups in total. The van der Waals surface area contributed by atoms with Crippen LogP contribution in [0.2, 0.25) is 0 Å². The van der Waals surface area contributed by atoms with E-state index in [2.05, 4.69) is 5.32 Å². The zero-order chi connectivity index (χ0) is 15.8. The Kier molecular flexibility index (Phi) is 7.64. The smallest absolute Gasteiger partial charge is 0.408 e. The average Bonchev–Trinajstić information content (AvgIpc) is 2.31. The van der Waals surface area contributed by atoms with Gasteiger partial charge in [0.15, 0.2) is 6.04 Å². The molecule has 0 aliphatic rings. The fraction of sp³-hybridized carbons (Fsp3) is 0.769. The van der Waals surface area contributed by atoms with Crippen molar-refractivity contribution in [2.75, 3.05) is 13.2 Å². The second kappa shape index (κ2) is 8.39. The molecular weight excluding hydrogens is 266 g/mol. The number of hydrogen-bond acceptors (Lipinski definition) is 6. The lowest BCUT2D eigenvalue weighted by Gasteiger charge is -2.22. The molecule has 0 aromatic rings. The van der Waals surface area contributed by atoms with Gasteiger partial charge in [0.2, 0.25) is 0 Å². The third-order valence-corrected chi connectivity index (χ3v) is 1.96. The van der Waals surface area contributed by atoms with Crippen molar-refractivity contribution in [3.63, 3.8) is 0 Å². The lowest BCUT2D eigenvalue weighted by atomic mass is 10.2. The number of alkyl carbamates (subject to hydrolysis) is 1. The predicted molar refractivity (Wildman–Crippen MR) is 71.0 cm³/mol. The Morgan fingerprint density at radius 1 is 1.10 bits per heavy atom. The van der Waals surface area contributed by atoms with Crippen LogP contribution < -0.4 is 5.32 Å². The fourth-order valence-electron chi connectivity index (χ4n) is 1.14. The average molecular weight is 289 g/mol. The van der Waals surface area contributed by atoms with Crippen molar-refractivity contribution in [3.05, 3.63) is 0 Å². The molecule has 0 aliphatic carbocycles. The normalized spacial score (nSPS) is 12.2. The van der Waals surface area contributed by atoms with E-state index in [-0.39, 0.29) is 19.6 Å². The second-order valence-electron chi connectivity index (χ2n) is 4.99. The van der Waals surface area contributed by atoms with E-state index < -0.39 is 29.7 Å². The van der Waals surface area contributed by atoms with Crippen LogP contribution in [-0.2, 0) is 23.8 Å². The highest BCUT2D eigenvalue weighted by atomic mass is 16.6. The van der Waals surface area contributed by atoms with Crippen molar-refractivity contribution in [2.24, 2.45) is 0 Å². The molecule has 0 fully saturated rings. The van der Waals surface area contributed by atoms with E-state index in [0.717, 1.165) is 0 Å². The minimum absolute atomic E-state index is 0.160. The maximum Gasteiger partial charge on any atom is 0.408 e. The molecular formula is C13H23NO6. The van der Waals surface area contributed by atoms with Gasteiger partial charge in [0, 0.05) is 6.42 Å². The molecule has 1 atom stereocenters. The number of nitrogens with one attached hydrogen (secondary N) is 1. The van der Waals surface area contributed by atoms with Crippen molar-refractivity contribution in [1.29, 1.82) is 0 Å². The van der Waals surface area contributed by atoms with Crippen LogP contribution in [0.4, 0.5) is 4.79 Å². The quantitative estimate of drug-likeness (QED) is 0.587. The molecule has 0 unspecified atom stereocenters. The molecule has 20 heavy (non-hydrogen) atoms. The first-order valence-electron chi connectivity index (χ1n) is 6.51. The molecule has 116 valence electrons. The summed E-state index contributed by atoms with van der Waals surface area (Å²) in [5.41, 5.74) is -0.691. The van der Waals surface area contributed by atoms with Crippen LogP contribution in [0.5, 0.6) is 0 Å². The van der Waals surface area contributed by atoms with Gasteiger partial charge in [0.05, 0.1) is 6.61 Å².